The number of halogens is 2. The first kappa shape index (κ1) is 8.00. The van der Waals surface area contributed by atoms with Crippen LogP contribution in [0.2, 0.25) is 0 Å². The van der Waals surface area contributed by atoms with E-state index in [1.165, 1.54) is 0 Å². The van der Waals surface area contributed by atoms with Gasteiger partial charge in [0.25, 0.3) is 0 Å². The Kier molecular flexibility index (Phi) is 3.50. The number of hydrogen-bond acceptors (Lipinski definition) is 3. The molecule has 0 radical (unpaired) electrons. The minimum atomic E-state index is -2.00. The van der Waals surface area contributed by atoms with Gasteiger partial charge in [0.15, 0.2) is 0 Å². The molecule has 0 aromatic rings. The maximum absolute atomic E-state index is 11.2. The summed E-state index contributed by atoms with van der Waals surface area (Å²) in [6.07, 6.45) is -2.59. The molecule has 0 N–H and O–H groups in total. The second kappa shape index (κ2) is 3.94. The molecule has 0 aromatic heterocycles. The molecule has 0 rings (SSSR count). The van der Waals surface area contributed by atoms with E-state index in [2.05, 4.69) is 4.74 Å². The van der Waals surface area contributed by atoms with Crippen molar-refractivity contribution in [3.63, 3.8) is 0 Å². The number of rotatable bonds is 3. The highest BCUT2D eigenvalue weighted by molar-refractivity contribution is 5.68. The molecule has 5 heteroatoms. The Morgan fingerprint density at radius 2 is 1.89 bits per heavy atom. The van der Waals surface area contributed by atoms with Gasteiger partial charge in [-0.15, -0.1) is 4.39 Å². The van der Waals surface area contributed by atoms with E-state index in [1.54, 1.807) is 0 Å². The third-order valence-corrected chi connectivity index (χ3v) is 0.514. The third kappa shape index (κ3) is 7.00. The van der Waals surface area contributed by atoms with Gasteiger partial charge in [-0.1, -0.05) is 0 Å². The lowest BCUT2D eigenvalue weighted by Gasteiger charge is -1.91. The number of ether oxygens (including phenoxy) is 1. The lowest BCUT2D eigenvalue weighted by molar-refractivity contribution is -0.129. The summed E-state index contributed by atoms with van der Waals surface area (Å²) in [5.74, 6) is 0. The van der Waals surface area contributed by atoms with Gasteiger partial charge < -0.3 is 4.74 Å². The Morgan fingerprint density at radius 3 is 2.22 bits per heavy atom. The lowest BCUT2D eigenvalue weighted by Crippen LogP contribution is -2.00. The van der Waals surface area contributed by atoms with Crippen LogP contribution in [-0.4, -0.2) is 18.9 Å². The summed E-state index contributed by atoms with van der Waals surface area (Å²) in [5.41, 5.74) is 0. The van der Waals surface area contributed by atoms with Crippen LogP contribution in [0.5, 0.6) is 0 Å². The van der Waals surface area contributed by atoms with Crippen LogP contribution in [0.15, 0.2) is 0 Å². The second-order valence-electron chi connectivity index (χ2n) is 1.19. The van der Waals surface area contributed by atoms with Gasteiger partial charge in [-0.3, -0.25) is 4.79 Å². The molecule has 0 fully saturated rings. The quantitative estimate of drug-likeness (QED) is 0.546. The van der Waals surface area contributed by atoms with E-state index >= 15 is 0 Å². The van der Waals surface area contributed by atoms with Crippen molar-refractivity contribution in [2.45, 2.75) is 6.42 Å². The summed E-state index contributed by atoms with van der Waals surface area (Å²) >= 11 is 0. The molecule has 0 amide bonds. The first-order valence-electron chi connectivity index (χ1n) is 2.13. The molecule has 3 nitrogen and oxygen atoms in total. The summed E-state index contributed by atoms with van der Waals surface area (Å²) < 4.78 is 25.8. The van der Waals surface area contributed by atoms with Crippen LogP contribution in [0.25, 0.3) is 0 Å². The zero-order chi connectivity index (χ0) is 7.28. The average Bonchev–Trinajstić information content (AvgIpc) is 1.63. The lowest BCUT2D eigenvalue weighted by atomic mass is 10.5. The molecule has 0 aliphatic heterocycles. The summed E-state index contributed by atoms with van der Waals surface area (Å²) in [6, 6.07) is -1.63. The van der Waals surface area contributed by atoms with Crippen molar-refractivity contribution in [3.05, 3.63) is 0 Å². The monoisotopic (exact) mass is 138 g/mol. The van der Waals surface area contributed by atoms with Crippen LogP contribution in [0.3, 0.4) is 0 Å². The van der Waals surface area contributed by atoms with Gasteiger partial charge in [0.2, 0.25) is 0 Å². The van der Waals surface area contributed by atoms with Crippen LogP contribution in [0.1, 0.15) is 6.42 Å². The highest BCUT2D eigenvalue weighted by Gasteiger charge is 2.00. The predicted octanol–water partition coefficient (Wildman–Crippen LogP) is 0.979. The molecular formula is C4H4F2O3. The highest BCUT2D eigenvalue weighted by atomic mass is 19.1. The van der Waals surface area contributed by atoms with Crippen molar-refractivity contribution in [2.75, 3.05) is 6.61 Å². The van der Waals surface area contributed by atoms with Crippen molar-refractivity contribution < 1.29 is 23.1 Å². The molecule has 0 heterocycles. The fraction of sp³-hybridized carbons (Fsp3) is 0.500. The molecule has 0 atom stereocenters. The van der Waals surface area contributed by atoms with Gasteiger partial charge in [0.1, 0.15) is 6.61 Å². The van der Waals surface area contributed by atoms with E-state index in [-0.39, 0.29) is 0 Å². The van der Waals surface area contributed by atoms with E-state index in [0.717, 1.165) is 0 Å². The van der Waals surface area contributed by atoms with Gasteiger partial charge in [-0.2, -0.15) is 4.39 Å². The molecule has 0 aromatic carbocycles. The van der Waals surface area contributed by atoms with Gasteiger partial charge in [0, 0.05) is 0 Å². The van der Waals surface area contributed by atoms with Crippen LogP contribution in [0.4, 0.5) is 13.6 Å². The first-order valence-corrected chi connectivity index (χ1v) is 2.13. The Balaban J connectivity index is 3.10. The maximum atomic E-state index is 11.2. The number of carbonyl (C=O) groups excluding carboxylic acids is 2. The zero-order valence-electron chi connectivity index (χ0n) is 4.39. The first-order chi connectivity index (χ1) is 4.13. The zero-order valence-corrected chi connectivity index (χ0v) is 4.39. The minimum Gasteiger partial charge on any atom is -0.440 e. The largest absolute Gasteiger partial charge is 0.495 e. The summed E-state index contributed by atoms with van der Waals surface area (Å²) in [4.78, 5) is 18.7. The highest BCUT2D eigenvalue weighted by Crippen LogP contribution is 1.88. The Hall–Kier alpha value is -1.00. The molecule has 0 saturated carbocycles. The Morgan fingerprint density at radius 1 is 1.33 bits per heavy atom. The molecule has 9 heavy (non-hydrogen) atoms. The fourth-order valence-electron chi connectivity index (χ4n) is 0.212. The molecule has 0 bridgehead atoms. The molecule has 52 valence electrons. The van der Waals surface area contributed by atoms with Gasteiger partial charge in [0.05, 0.1) is 6.42 Å². The van der Waals surface area contributed by atoms with Crippen molar-refractivity contribution >= 4 is 12.3 Å². The number of carbonyl (C=O) groups is 2. The average molecular weight is 138 g/mol. The topological polar surface area (TPSA) is 43.4 Å². The van der Waals surface area contributed by atoms with Crippen LogP contribution >= 0.6 is 0 Å². The summed E-state index contributed by atoms with van der Waals surface area (Å²) in [7, 11) is 0. The normalized spacial score (nSPS) is 8.67. The van der Waals surface area contributed by atoms with Crippen molar-refractivity contribution in [3.8, 4) is 0 Å². The van der Waals surface area contributed by atoms with E-state index in [0.29, 0.717) is 0 Å². The molecular weight excluding hydrogens is 134 g/mol. The van der Waals surface area contributed by atoms with E-state index in [9.17, 15) is 18.4 Å². The fourth-order valence-corrected chi connectivity index (χ4v) is 0.212. The summed E-state index contributed by atoms with van der Waals surface area (Å²) in [6.45, 7) is -0.537. The van der Waals surface area contributed by atoms with Gasteiger partial charge in [-0.05, 0) is 0 Å². The third-order valence-electron chi connectivity index (χ3n) is 0.514. The summed E-state index contributed by atoms with van der Waals surface area (Å²) in [5, 5.41) is 0. The van der Waals surface area contributed by atoms with Crippen molar-refractivity contribution in [1.29, 1.82) is 0 Å². The molecule has 0 spiro atoms. The second-order valence-corrected chi connectivity index (χ2v) is 1.19. The maximum Gasteiger partial charge on any atom is 0.495 e. The van der Waals surface area contributed by atoms with Crippen molar-refractivity contribution in [2.24, 2.45) is 0 Å². The SMILES string of the molecule is O=C(F)CCOC(=O)F. The van der Waals surface area contributed by atoms with Gasteiger partial charge >= 0.3 is 12.3 Å². The molecule has 0 unspecified atom stereocenters. The molecule has 0 saturated heterocycles. The number of hydrogen-bond donors (Lipinski definition) is 0. The van der Waals surface area contributed by atoms with Crippen LogP contribution in [0, 0.1) is 0 Å². The van der Waals surface area contributed by atoms with E-state index in [1.807, 2.05) is 0 Å². The minimum absolute atomic E-state index is 0.537. The standard InChI is InChI=1S/C4H4F2O3/c5-3(7)1-2-9-4(6)8/h1-2H2. The van der Waals surface area contributed by atoms with Crippen LogP contribution < -0.4 is 0 Å². The predicted molar refractivity (Wildman–Crippen MR) is 23.2 cm³/mol. The van der Waals surface area contributed by atoms with Crippen LogP contribution in [-0.2, 0) is 9.53 Å². The Bertz CT molecular complexity index is 109. The Labute approximate surface area is 49.6 Å². The van der Waals surface area contributed by atoms with E-state index in [4.69, 9.17) is 0 Å². The molecule has 0 aliphatic carbocycles. The smallest absolute Gasteiger partial charge is 0.440 e. The van der Waals surface area contributed by atoms with E-state index < -0.39 is 25.3 Å². The molecule has 0 aliphatic rings. The van der Waals surface area contributed by atoms with Crippen molar-refractivity contribution in [1.82, 2.24) is 0 Å². The van der Waals surface area contributed by atoms with Gasteiger partial charge in [-0.25, -0.2) is 4.79 Å².